The van der Waals surface area contributed by atoms with Gasteiger partial charge in [-0.1, -0.05) is 12.1 Å². The lowest BCUT2D eigenvalue weighted by Gasteiger charge is -2.24. The van der Waals surface area contributed by atoms with Crippen molar-refractivity contribution in [3.05, 3.63) is 28.7 Å². The minimum Gasteiger partial charge on any atom is -0.324 e. The van der Waals surface area contributed by atoms with Gasteiger partial charge < -0.3 is 5.32 Å². The van der Waals surface area contributed by atoms with E-state index in [0.717, 1.165) is 23.1 Å². The normalized spacial score (nSPS) is 16.6. The van der Waals surface area contributed by atoms with Crippen LogP contribution < -0.4 is 5.32 Å². The topological polar surface area (TPSA) is 49.4 Å². The second kappa shape index (κ2) is 6.11. The monoisotopic (exact) mass is 310 g/mol. The molecule has 1 amide bonds. The summed E-state index contributed by atoms with van der Waals surface area (Å²) in [6, 6.07) is 7.47. The number of nitrogens with one attached hydrogen (secondary N) is 1. The molecule has 1 aromatic carbocycles. The summed E-state index contributed by atoms with van der Waals surface area (Å²) < 4.78 is 0.855. The molecule has 2 rings (SSSR count). The number of carbonyl (C=O) groups is 2. The first-order valence-corrected chi connectivity index (χ1v) is 6.73. The van der Waals surface area contributed by atoms with Gasteiger partial charge in [-0.05, 0) is 41.0 Å². The number of likely N-dealkylation sites (tertiary alicyclic amines) is 1. The Morgan fingerprint density at radius 3 is 2.89 bits per heavy atom. The number of halogens is 1. The number of carbonyl (C=O) groups excluding carboxylic acids is 2. The molecule has 0 bridgehead atoms. The summed E-state index contributed by atoms with van der Waals surface area (Å²) >= 11 is 3.38. The molecule has 1 aromatic rings. The molecule has 18 heavy (non-hydrogen) atoms. The quantitative estimate of drug-likeness (QED) is 0.929. The fraction of sp³-hybridized carbons (Fsp3) is 0.385. The van der Waals surface area contributed by atoms with Crippen LogP contribution in [0.5, 0.6) is 0 Å². The highest BCUT2D eigenvalue weighted by Crippen LogP contribution is 2.21. The Balaban J connectivity index is 1.89. The number of amides is 1. The van der Waals surface area contributed by atoms with Crippen LogP contribution in [0.2, 0.25) is 0 Å². The van der Waals surface area contributed by atoms with Crippen LogP contribution in [0.3, 0.4) is 0 Å². The third-order valence-corrected chi connectivity index (χ3v) is 3.54. The maximum absolute atomic E-state index is 11.9. The van der Waals surface area contributed by atoms with Gasteiger partial charge in [-0.25, -0.2) is 0 Å². The zero-order valence-corrected chi connectivity index (χ0v) is 11.6. The number of para-hydroxylation sites is 1. The van der Waals surface area contributed by atoms with Crippen molar-refractivity contribution in [2.24, 2.45) is 0 Å². The Hall–Kier alpha value is -1.20. The molecule has 0 unspecified atom stereocenters. The highest BCUT2D eigenvalue weighted by atomic mass is 79.9. The second-order valence-electron chi connectivity index (χ2n) is 4.38. The number of ketones is 1. The van der Waals surface area contributed by atoms with Crippen molar-refractivity contribution < 1.29 is 9.59 Å². The highest BCUT2D eigenvalue weighted by Gasteiger charge is 2.19. The minimum absolute atomic E-state index is 0.0865. The van der Waals surface area contributed by atoms with E-state index in [-0.39, 0.29) is 18.2 Å². The number of nitrogens with zero attached hydrogens (tertiary/aromatic N) is 1. The number of benzene rings is 1. The van der Waals surface area contributed by atoms with Crippen LogP contribution in [0.15, 0.2) is 28.7 Å². The van der Waals surface area contributed by atoms with Crippen molar-refractivity contribution in [2.75, 3.05) is 25.0 Å². The summed E-state index contributed by atoms with van der Waals surface area (Å²) in [6.45, 7) is 1.48. The van der Waals surface area contributed by atoms with Crippen LogP contribution in [0, 0.1) is 0 Å². The van der Waals surface area contributed by atoms with Crippen molar-refractivity contribution in [1.29, 1.82) is 0 Å². The lowest BCUT2D eigenvalue weighted by molar-refractivity contribution is -0.123. The summed E-state index contributed by atoms with van der Waals surface area (Å²) in [5.41, 5.74) is 0.755. The molecular weight excluding hydrogens is 296 g/mol. The van der Waals surface area contributed by atoms with Gasteiger partial charge >= 0.3 is 0 Å². The minimum atomic E-state index is -0.0865. The first-order chi connectivity index (χ1) is 8.65. The third-order valence-electron chi connectivity index (χ3n) is 2.85. The van der Waals surface area contributed by atoms with Crippen molar-refractivity contribution in [3.63, 3.8) is 0 Å². The first-order valence-electron chi connectivity index (χ1n) is 5.93. The standard InChI is InChI=1S/C13H15BrN2O2/c14-11-5-1-2-6-12(11)15-13(18)9-16-7-3-4-10(17)8-16/h1-2,5-6H,3-4,7-9H2,(H,15,18). The Morgan fingerprint density at radius 1 is 1.39 bits per heavy atom. The number of hydrogen-bond donors (Lipinski definition) is 1. The fourth-order valence-corrected chi connectivity index (χ4v) is 2.38. The van der Waals surface area contributed by atoms with E-state index >= 15 is 0 Å². The van der Waals surface area contributed by atoms with E-state index in [4.69, 9.17) is 0 Å². The molecule has 1 heterocycles. The van der Waals surface area contributed by atoms with Gasteiger partial charge in [0.15, 0.2) is 0 Å². The van der Waals surface area contributed by atoms with Gasteiger partial charge in [0.05, 0.1) is 18.8 Å². The average Bonchev–Trinajstić information content (AvgIpc) is 2.32. The molecule has 0 spiro atoms. The average molecular weight is 311 g/mol. The molecule has 1 aliphatic rings. The smallest absolute Gasteiger partial charge is 0.238 e. The molecule has 1 N–H and O–H groups in total. The van der Waals surface area contributed by atoms with Crippen molar-refractivity contribution in [2.45, 2.75) is 12.8 Å². The van der Waals surface area contributed by atoms with Crippen molar-refractivity contribution in [1.82, 2.24) is 4.90 Å². The Kier molecular flexibility index (Phi) is 4.49. The molecular formula is C13H15BrN2O2. The van der Waals surface area contributed by atoms with Crippen LogP contribution in [0.1, 0.15) is 12.8 Å². The van der Waals surface area contributed by atoms with Crippen molar-refractivity contribution in [3.8, 4) is 0 Å². The largest absolute Gasteiger partial charge is 0.324 e. The molecule has 1 saturated heterocycles. The summed E-state index contributed by atoms with van der Waals surface area (Å²) in [4.78, 5) is 25.0. The second-order valence-corrected chi connectivity index (χ2v) is 5.24. The van der Waals surface area contributed by atoms with E-state index < -0.39 is 0 Å². The fourth-order valence-electron chi connectivity index (χ4n) is 2.00. The van der Waals surface area contributed by atoms with Crippen LogP contribution >= 0.6 is 15.9 Å². The van der Waals surface area contributed by atoms with Crippen LogP contribution in [-0.2, 0) is 9.59 Å². The van der Waals surface area contributed by atoms with Gasteiger partial charge in [-0.3, -0.25) is 14.5 Å². The Labute approximate surface area is 114 Å². The highest BCUT2D eigenvalue weighted by molar-refractivity contribution is 9.10. The molecule has 1 aliphatic heterocycles. The van der Waals surface area contributed by atoms with Gasteiger partial charge in [0.1, 0.15) is 5.78 Å². The SMILES string of the molecule is O=C1CCCN(CC(=O)Nc2ccccc2Br)C1. The number of Topliss-reactive ketones (excluding diaryl/α,β-unsaturated/α-hetero) is 1. The van der Waals surface area contributed by atoms with E-state index in [1.165, 1.54) is 0 Å². The number of rotatable bonds is 3. The number of hydrogen-bond acceptors (Lipinski definition) is 3. The van der Waals surface area contributed by atoms with Gasteiger partial charge in [-0.15, -0.1) is 0 Å². The summed E-state index contributed by atoms with van der Waals surface area (Å²) in [6.07, 6.45) is 1.49. The summed E-state index contributed by atoms with van der Waals surface area (Å²) in [7, 11) is 0. The molecule has 96 valence electrons. The third kappa shape index (κ3) is 3.65. The van der Waals surface area contributed by atoms with E-state index in [0.29, 0.717) is 13.0 Å². The zero-order valence-electron chi connectivity index (χ0n) is 9.99. The predicted octanol–water partition coefficient (Wildman–Crippen LogP) is 2.05. The molecule has 5 heteroatoms. The van der Waals surface area contributed by atoms with E-state index in [2.05, 4.69) is 21.2 Å². The van der Waals surface area contributed by atoms with Crippen LogP contribution in [0.4, 0.5) is 5.69 Å². The predicted molar refractivity (Wildman–Crippen MR) is 73.5 cm³/mol. The van der Waals surface area contributed by atoms with Gasteiger partial charge in [0.25, 0.3) is 0 Å². The molecule has 0 saturated carbocycles. The Morgan fingerprint density at radius 2 is 2.17 bits per heavy atom. The van der Waals surface area contributed by atoms with E-state index in [1.807, 2.05) is 29.2 Å². The van der Waals surface area contributed by atoms with Gasteiger partial charge in [0, 0.05) is 10.9 Å². The summed E-state index contributed by atoms with van der Waals surface area (Å²) in [5, 5.41) is 2.83. The van der Waals surface area contributed by atoms with Crippen molar-refractivity contribution >= 4 is 33.3 Å². The zero-order chi connectivity index (χ0) is 13.0. The van der Waals surface area contributed by atoms with E-state index in [1.54, 1.807) is 0 Å². The molecule has 1 fully saturated rings. The molecule has 4 nitrogen and oxygen atoms in total. The molecule has 0 aromatic heterocycles. The molecule has 0 radical (unpaired) electrons. The number of piperidine rings is 1. The molecule has 0 aliphatic carbocycles. The van der Waals surface area contributed by atoms with Gasteiger partial charge in [-0.2, -0.15) is 0 Å². The lowest BCUT2D eigenvalue weighted by Crippen LogP contribution is -2.40. The first kappa shape index (κ1) is 13.2. The maximum Gasteiger partial charge on any atom is 0.238 e. The summed E-state index contributed by atoms with van der Waals surface area (Å²) in [5.74, 6) is 0.131. The van der Waals surface area contributed by atoms with Crippen LogP contribution in [-0.4, -0.2) is 36.2 Å². The Bertz CT molecular complexity index is 462. The number of anilines is 1. The maximum atomic E-state index is 11.9. The lowest BCUT2D eigenvalue weighted by atomic mass is 10.1. The van der Waals surface area contributed by atoms with Gasteiger partial charge in [0.2, 0.25) is 5.91 Å². The van der Waals surface area contributed by atoms with E-state index in [9.17, 15) is 9.59 Å². The van der Waals surface area contributed by atoms with Crippen LogP contribution in [0.25, 0.3) is 0 Å². The molecule has 0 atom stereocenters.